The van der Waals surface area contributed by atoms with Gasteiger partial charge in [-0.05, 0) is 96.3 Å². The van der Waals surface area contributed by atoms with E-state index in [0.29, 0.717) is 11.5 Å². The van der Waals surface area contributed by atoms with Crippen molar-refractivity contribution in [2.75, 3.05) is 6.54 Å². The predicted molar refractivity (Wildman–Crippen MR) is 151 cm³/mol. The van der Waals surface area contributed by atoms with Gasteiger partial charge in [0, 0.05) is 12.0 Å². The average molecular weight is 500 g/mol. The van der Waals surface area contributed by atoms with Crippen LogP contribution in [0.2, 0.25) is 0 Å². The Morgan fingerprint density at radius 3 is 2.53 bits per heavy atom. The molecule has 0 fully saturated rings. The van der Waals surface area contributed by atoms with Crippen LogP contribution in [0.15, 0.2) is 78.9 Å². The van der Waals surface area contributed by atoms with Gasteiger partial charge in [0.2, 0.25) is 0 Å². The number of rotatable bonds is 6. The van der Waals surface area contributed by atoms with Gasteiger partial charge >= 0.3 is 5.97 Å². The van der Waals surface area contributed by atoms with Crippen LogP contribution in [0, 0.1) is 19.8 Å². The van der Waals surface area contributed by atoms with E-state index in [-0.39, 0.29) is 24.4 Å². The number of benzene rings is 4. The second-order valence-electron chi connectivity index (χ2n) is 10.1. The fourth-order valence-corrected chi connectivity index (χ4v) is 5.78. The Bertz CT molecular complexity index is 1390. The molecule has 1 aliphatic rings. The fraction of sp³-hybridized carbons (Fsp3) is 0.281. The van der Waals surface area contributed by atoms with E-state index in [1.165, 1.54) is 27.5 Å². The number of carbonyl (C=O) groups is 1. The third kappa shape index (κ3) is 5.04. The molecule has 4 aromatic rings. The summed E-state index contributed by atoms with van der Waals surface area (Å²) in [5, 5.41) is 16.2. The lowest BCUT2D eigenvalue weighted by molar-refractivity contribution is 0.0696. The summed E-state index contributed by atoms with van der Waals surface area (Å²) in [6, 6.07) is 28.1. The first-order valence-electron chi connectivity index (χ1n) is 12.6. The third-order valence-electron chi connectivity index (χ3n) is 7.83. The SMILES string of the molecule is Cc1cc(C2CC(CN[C@H](C)c3cccc4ccccc34)Cc3ccccc32)cc(C(=O)O)c1C.Cl. The first-order valence-corrected chi connectivity index (χ1v) is 12.6. The van der Waals surface area contributed by atoms with E-state index in [9.17, 15) is 9.90 Å². The molecular formula is C32H34ClNO2. The van der Waals surface area contributed by atoms with Crippen LogP contribution in [0.5, 0.6) is 0 Å². The van der Waals surface area contributed by atoms with Gasteiger partial charge in [-0.1, -0.05) is 72.8 Å². The van der Waals surface area contributed by atoms with E-state index < -0.39 is 5.97 Å². The minimum Gasteiger partial charge on any atom is -0.478 e. The van der Waals surface area contributed by atoms with Gasteiger partial charge in [-0.3, -0.25) is 0 Å². The standard InChI is InChI=1S/C32H33NO2.ClH/c1-20-15-26(18-30(21(20)2)32(34)35)31-17-23(16-25-10-5-7-13-29(25)31)19-33-22(3)27-14-8-11-24-9-4-6-12-28(24)27;/h4-15,18,22-23,31,33H,16-17,19H2,1-3H3,(H,34,35);1H/t22-,23?,31?;/m1./s1. The Balaban J connectivity index is 0.00000304. The van der Waals surface area contributed by atoms with Crippen LogP contribution in [0.25, 0.3) is 10.8 Å². The lowest BCUT2D eigenvalue weighted by Crippen LogP contribution is -2.31. The topological polar surface area (TPSA) is 49.3 Å². The van der Waals surface area contributed by atoms with Crippen LogP contribution in [0.3, 0.4) is 0 Å². The number of aromatic carboxylic acids is 1. The summed E-state index contributed by atoms with van der Waals surface area (Å²) >= 11 is 0. The number of aryl methyl sites for hydroxylation is 1. The van der Waals surface area contributed by atoms with E-state index >= 15 is 0 Å². The second-order valence-corrected chi connectivity index (χ2v) is 10.1. The van der Waals surface area contributed by atoms with Gasteiger partial charge in [-0.15, -0.1) is 12.4 Å². The zero-order valence-electron chi connectivity index (χ0n) is 21.1. The maximum absolute atomic E-state index is 11.9. The lowest BCUT2D eigenvalue weighted by atomic mass is 9.73. The zero-order valence-corrected chi connectivity index (χ0v) is 21.9. The van der Waals surface area contributed by atoms with Gasteiger partial charge in [-0.2, -0.15) is 0 Å². The van der Waals surface area contributed by atoms with Crippen molar-refractivity contribution < 1.29 is 9.90 Å². The molecule has 0 heterocycles. The van der Waals surface area contributed by atoms with Crippen molar-refractivity contribution in [1.82, 2.24) is 5.32 Å². The zero-order chi connectivity index (χ0) is 24.5. The summed E-state index contributed by atoms with van der Waals surface area (Å²) in [7, 11) is 0. The van der Waals surface area contributed by atoms with Crippen LogP contribution < -0.4 is 5.32 Å². The van der Waals surface area contributed by atoms with Crippen molar-refractivity contribution >= 4 is 29.1 Å². The summed E-state index contributed by atoms with van der Waals surface area (Å²) in [4.78, 5) is 11.9. The molecule has 3 atom stereocenters. The summed E-state index contributed by atoms with van der Waals surface area (Å²) in [6.45, 7) is 7.09. The molecule has 0 aliphatic heterocycles. The van der Waals surface area contributed by atoms with E-state index in [1.54, 1.807) is 0 Å². The van der Waals surface area contributed by atoms with Gasteiger partial charge in [0.1, 0.15) is 0 Å². The molecule has 0 saturated carbocycles. The Labute approximate surface area is 220 Å². The monoisotopic (exact) mass is 499 g/mol. The number of fused-ring (bicyclic) bond motifs is 2. The molecule has 4 aromatic carbocycles. The lowest BCUT2D eigenvalue weighted by Gasteiger charge is -2.33. The van der Waals surface area contributed by atoms with Crippen LogP contribution >= 0.6 is 12.4 Å². The molecule has 3 nitrogen and oxygen atoms in total. The fourth-order valence-electron chi connectivity index (χ4n) is 5.78. The van der Waals surface area contributed by atoms with Crippen LogP contribution in [-0.2, 0) is 6.42 Å². The third-order valence-corrected chi connectivity index (χ3v) is 7.83. The summed E-state index contributed by atoms with van der Waals surface area (Å²) in [6.07, 6.45) is 2.05. The molecule has 2 unspecified atom stereocenters. The summed E-state index contributed by atoms with van der Waals surface area (Å²) in [5.74, 6) is -0.169. The van der Waals surface area contributed by atoms with Crippen molar-refractivity contribution in [3.8, 4) is 0 Å². The van der Waals surface area contributed by atoms with Gasteiger partial charge in [0.15, 0.2) is 0 Å². The minimum atomic E-state index is -0.848. The number of hydrogen-bond acceptors (Lipinski definition) is 2. The first kappa shape index (κ1) is 25.9. The molecule has 0 amide bonds. The van der Waals surface area contributed by atoms with Gasteiger partial charge in [0.05, 0.1) is 5.56 Å². The Morgan fingerprint density at radius 2 is 1.72 bits per heavy atom. The number of nitrogens with one attached hydrogen (secondary N) is 1. The number of carboxylic acids is 1. The molecule has 186 valence electrons. The molecule has 2 N–H and O–H groups in total. The van der Waals surface area contributed by atoms with Gasteiger partial charge in [-0.25, -0.2) is 4.79 Å². The van der Waals surface area contributed by atoms with E-state index in [1.807, 2.05) is 19.9 Å². The van der Waals surface area contributed by atoms with Crippen molar-refractivity contribution in [3.05, 3.63) is 118 Å². The molecule has 0 saturated heterocycles. The molecule has 36 heavy (non-hydrogen) atoms. The first-order chi connectivity index (χ1) is 16.9. The maximum atomic E-state index is 11.9. The Kier molecular flexibility index (Phi) is 7.82. The van der Waals surface area contributed by atoms with E-state index in [0.717, 1.165) is 36.1 Å². The Morgan fingerprint density at radius 1 is 1.00 bits per heavy atom. The molecule has 1 aliphatic carbocycles. The maximum Gasteiger partial charge on any atom is 0.335 e. The highest BCUT2D eigenvalue weighted by Gasteiger charge is 2.29. The van der Waals surface area contributed by atoms with Gasteiger partial charge in [0.25, 0.3) is 0 Å². The van der Waals surface area contributed by atoms with Crippen molar-refractivity contribution in [1.29, 1.82) is 0 Å². The smallest absolute Gasteiger partial charge is 0.335 e. The second kappa shape index (κ2) is 10.9. The minimum absolute atomic E-state index is 0. The van der Waals surface area contributed by atoms with Crippen LogP contribution in [0.1, 0.15) is 69.0 Å². The highest BCUT2D eigenvalue weighted by atomic mass is 35.5. The van der Waals surface area contributed by atoms with Crippen molar-refractivity contribution in [3.63, 3.8) is 0 Å². The molecular weight excluding hydrogens is 466 g/mol. The predicted octanol–water partition coefficient (Wildman–Crippen LogP) is 7.62. The summed E-state index contributed by atoms with van der Waals surface area (Å²) < 4.78 is 0. The quantitative estimate of drug-likeness (QED) is 0.287. The van der Waals surface area contributed by atoms with Crippen LogP contribution in [-0.4, -0.2) is 17.6 Å². The van der Waals surface area contributed by atoms with E-state index in [2.05, 4.69) is 85.0 Å². The molecule has 0 radical (unpaired) electrons. The highest BCUT2D eigenvalue weighted by Crippen LogP contribution is 2.40. The summed E-state index contributed by atoms with van der Waals surface area (Å²) in [5.41, 5.74) is 7.48. The number of halogens is 1. The van der Waals surface area contributed by atoms with Crippen LogP contribution in [0.4, 0.5) is 0 Å². The van der Waals surface area contributed by atoms with E-state index in [4.69, 9.17) is 0 Å². The highest BCUT2D eigenvalue weighted by molar-refractivity contribution is 5.90. The molecule has 0 aromatic heterocycles. The average Bonchev–Trinajstić information content (AvgIpc) is 2.87. The Hall–Kier alpha value is -3.14. The molecule has 5 rings (SSSR count). The normalized spacial score (nSPS) is 17.8. The van der Waals surface area contributed by atoms with Crippen molar-refractivity contribution in [2.45, 2.75) is 45.6 Å². The molecule has 4 heteroatoms. The molecule has 0 spiro atoms. The number of carboxylic acid groups (broad SMARTS) is 1. The molecule has 0 bridgehead atoms. The van der Waals surface area contributed by atoms with Gasteiger partial charge < -0.3 is 10.4 Å². The largest absolute Gasteiger partial charge is 0.478 e. The van der Waals surface area contributed by atoms with Crippen molar-refractivity contribution in [2.24, 2.45) is 5.92 Å². The number of hydrogen-bond donors (Lipinski definition) is 2.